The first-order valence-corrected chi connectivity index (χ1v) is 9.31. The van der Waals surface area contributed by atoms with Crippen LogP contribution in [0.2, 0.25) is 5.02 Å². The molecule has 3 rings (SSSR count). The monoisotopic (exact) mass is 398 g/mol. The number of nitrogens with one attached hydrogen (secondary N) is 2. The third kappa shape index (κ3) is 6.03. The fourth-order valence-electron chi connectivity index (χ4n) is 2.62. The number of carbonyl (C=O) groups excluding carboxylic acids is 1. The van der Waals surface area contributed by atoms with Crippen molar-refractivity contribution in [2.45, 2.75) is 12.8 Å². The van der Waals surface area contributed by atoms with E-state index < -0.39 is 0 Å². The third-order valence-electron chi connectivity index (χ3n) is 4.11. The van der Waals surface area contributed by atoms with Gasteiger partial charge in [0.05, 0.1) is 5.56 Å². The van der Waals surface area contributed by atoms with Gasteiger partial charge in [-0.1, -0.05) is 35.9 Å². The van der Waals surface area contributed by atoms with E-state index >= 15 is 0 Å². The van der Waals surface area contributed by atoms with Crippen molar-refractivity contribution in [1.29, 1.82) is 0 Å². The maximum atomic E-state index is 12.9. The van der Waals surface area contributed by atoms with Gasteiger partial charge in [-0.15, -0.1) is 0 Å². The van der Waals surface area contributed by atoms with E-state index in [2.05, 4.69) is 20.6 Å². The minimum absolute atomic E-state index is 0.243. The Morgan fingerprint density at radius 2 is 1.68 bits per heavy atom. The van der Waals surface area contributed by atoms with Crippen LogP contribution in [0.1, 0.15) is 21.5 Å². The molecule has 0 saturated heterocycles. The molecule has 0 bridgehead atoms. The number of amides is 1. The molecule has 0 aliphatic rings. The molecule has 0 atom stereocenters. The smallest absolute Gasteiger partial charge is 0.254 e. The van der Waals surface area contributed by atoms with Crippen LogP contribution < -0.4 is 10.6 Å². The highest BCUT2D eigenvalue weighted by atomic mass is 35.5. The Labute approximate surface area is 168 Å². The number of carbonyl (C=O) groups is 1. The summed E-state index contributed by atoms with van der Waals surface area (Å²) in [6.07, 6.45) is 4.38. The van der Waals surface area contributed by atoms with Crippen molar-refractivity contribution in [2.75, 3.05) is 18.4 Å². The first-order chi connectivity index (χ1) is 13.6. The lowest BCUT2D eigenvalue weighted by Crippen LogP contribution is -2.26. The van der Waals surface area contributed by atoms with Gasteiger partial charge >= 0.3 is 0 Å². The normalized spacial score (nSPS) is 10.5. The molecule has 144 valence electrons. The summed E-state index contributed by atoms with van der Waals surface area (Å²) >= 11 is 5.97. The number of halogens is 2. The molecule has 0 aliphatic carbocycles. The molecule has 2 N–H and O–H groups in total. The SMILES string of the molecule is O=C(NCCc1ccc(F)cc1)c1cnc(NCCc2cccc(Cl)c2)nc1. The van der Waals surface area contributed by atoms with Crippen LogP contribution >= 0.6 is 11.6 Å². The minimum atomic E-state index is -0.272. The third-order valence-corrected chi connectivity index (χ3v) is 4.35. The fourth-order valence-corrected chi connectivity index (χ4v) is 2.83. The zero-order chi connectivity index (χ0) is 19.8. The Kier molecular flexibility index (Phi) is 6.92. The summed E-state index contributed by atoms with van der Waals surface area (Å²) in [4.78, 5) is 20.5. The van der Waals surface area contributed by atoms with Crippen molar-refractivity contribution in [3.63, 3.8) is 0 Å². The van der Waals surface area contributed by atoms with Crippen LogP contribution in [0.4, 0.5) is 10.3 Å². The second-order valence-electron chi connectivity index (χ2n) is 6.23. The quantitative estimate of drug-likeness (QED) is 0.604. The van der Waals surface area contributed by atoms with E-state index in [1.54, 1.807) is 12.1 Å². The van der Waals surface area contributed by atoms with Gasteiger partial charge in [0.15, 0.2) is 0 Å². The lowest BCUT2D eigenvalue weighted by Gasteiger charge is -2.07. The number of rotatable bonds is 8. The van der Waals surface area contributed by atoms with Crippen molar-refractivity contribution in [3.8, 4) is 0 Å². The van der Waals surface area contributed by atoms with E-state index in [0.717, 1.165) is 17.5 Å². The minimum Gasteiger partial charge on any atom is -0.354 e. The largest absolute Gasteiger partial charge is 0.354 e. The van der Waals surface area contributed by atoms with Gasteiger partial charge < -0.3 is 10.6 Å². The van der Waals surface area contributed by atoms with E-state index in [4.69, 9.17) is 11.6 Å². The molecule has 0 aliphatic heterocycles. The molecule has 1 heterocycles. The van der Waals surface area contributed by atoms with Crippen molar-refractivity contribution >= 4 is 23.5 Å². The van der Waals surface area contributed by atoms with E-state index in [-0.39, 0.29) is 11.7 Å². The van der Waals surface area contributed by atoms with E-state index in [1.807, 2.05) is 24.3 Å². The molecule has 0 radical (unpaired) electrons. The lowest BCUT2D eigenvalue weighted by molar-refractivity contribution is 0.0953. The van der Waals surface area contributed by atoms with Crippen LogP contribution in [-0.2, 0) is 12.8 Å². The Morgan fingerprint density at radius 1 is 0.964 bits per heavy atom. The predicted octanol–water partition coefficient (Wildman–Crippen LogP) is 3.90. The van der Waals surface area contributed by atoms with Gasteiger partial charge in [-0.3, -0.25) is 4.79 Å². The number of benzene rings is 2. The summed E-state index contributed by atoms with van der Waals surface area (Å²) in [6, 6.07) is 13.9. The molecular formula is C21H20ClFN4O. The van der Waals surface area contributed by atoms with Crippen molar-refractivity contribution in [2.24, 2.45) is 0 Å². The topological polar surface area (TPSA) is 66.9 Å². The molecule has 0 saturated carbocycles. The summed E-state index contributed by atoms with van der Waals surface area (Å²) in [7, 11) is 0. The highest BCUT2D eigenvalue weighted by Crippen LogP contribution is 2.11. The molecule has 5 nitrogen and oxygen atoms in total. The molecule has 28 heavy (non-hydrogen) atoms. The van der Waals surface area contributed by atoms with Gasteiger partial charge in [0.1, 0.15) is 5.82 Å². The average Bonchev–Trinajstić information content (AvgIpc) is 2.70. The van der Waals surface area contributed by atoms with Crippen LogP contribution in [0.15, 0.2) is 60.9 Å². The fraction of sp³-hybridized carbons (Fsp3) is 0.190. The number of nitrogens with zero attached hydrogens (tertiary/aromatic N) is 2. The first-order valence-electron chi connectivity index (χ1n) is 8.93. The van der Waals surface area contributed by atoms with Gasteiger partial charge in [0, 0.05) is 30.5 Å². The molecule has 0 fully saturated rings. The maximum Gasteiger partial charge on any atom is 0.254 e. The van der Waals surface area contributed by atoms with Crippen LogP contribution in [0.3, 0.4) is 0 Å². The maximum absolute atomic E-state index is 12.9. The number of hydrogen-bond donors (Lipinski definition) is 2. The van der Waals surface area contributed by atoms with Gasteiger partial charge in [0.25, 0.3) is 5.91 Å². The van der Waals surface area contributed by atoms with Crippen LogP contribution in [0.5, 0.6) is 0 Å². The van der Waals surface area contributed by atoms with Crippen molar-refractivity contribution in [3.05, 3.63) is 88.5 Å². The van der Waals surface area contributed by atoms with E-state index in [0.29, 0.717) is 36.0 Å². The summed E-state index contributed by atoms with van der Waals surface area (Å²) in [5, 5.41) is 6.64. The Morgan fingerprint density at radius 3 is 2.39 bits per heavy atom. The lowest BCUT2D eigenvalue weighted by atomic mass is 10.1. The van der Waals surface area contributed by atoms with Crippen LogP contribution in [-0.4, -0.2) is 29.0 Å². The molecular weight excluding hydrogens is 379 g/mol. The van der Waals surface area contributed by atoms with Crippen LogP contribution in [0, 0.1) is 5.82 Å². The van der Waals surface area contributed by atoms with Gasteiger partial charge in [-0.25, -0.2) is 14.4 Å². The predicted molar refractivity (Wildman–Crippen MR) is 108 cm³/mol. The molecule has 1 aromatic heterocycles. The van der Waals surface area contributed by atoms with Gasteiger partial charge in [-0.2, -0.15) is 0 Å². The standard InChI is InChI=1S/C21H20ClFN4O/c22-18-3-1-2-16(12-18)9-11-25-21-26-13-17(14-27-21)20(28)24-10-8-15-4-6-19(23)7-5-15/h1-7,12-14H,8-11H2,(H,24,28)(H,25,26,27). The van der Waals surface area contributed by atoms with E-state index in [1.165, 1.54) is 24.5 Å². The molecule has 3 aromatic rings. The van der Waals surface area contributed by atoms with Crippen molar-refractivity contribution in [1.82, 2.24) is 15.3 Å². The van der Waals surface area contributed by atoms with Crippen molar-refractivity contribution < 1.29 is 9.18 Å². The first kappa shape index (κ1) is 19.8. The Bertz CT molecular complexity index is 916. The zero-order valence-electron chi connectivity index (χ0n) is 15.2. The summed E-state index contributed by atoms with van der Waals surface area (Å²) in [5.74, 6) is -0.0521. The highest BCUT2D eigenvalue weighted by molar-refractivity contribution is 6.30. The van der Waals surface area contributed by atoms with Gasteiger partial charge in [0.2, 0.25) is 5.95 Å². The molecule has 0 spiro atoms. The molecule has 7 heteroatoms. The number of aromatic nitrogens is 2. The summed E-state index contributed by atoms with van der Waals surface area (Å²) < 4.78 is 12.9. The highest BCUT2D eigenvalue weighted by Gasteiger charge is 2.07. The molecule has 2 aromatic carbocycles. The average molecular weight is 399 g/mol. The number of anilines is 1. The van der Waals surface area contributed by atoms with Crippen LogP contribution in [0.25, 0.3) is 0 Å². The Balaban J connectivity index is 1.42. The zero-order valence-corrected chi connectivity index (χ0v) is 15.9. The number of hydrogen-bond acceptors (Lipinski definition) is 4. The van der Waals surface area contributed by atoms with Gasteiger partial charge in [-0.05, 0) is 48.2 Å². The Hall–Kier alpha value is -2.99. The second kappa shape index (κ2) is 9.80. The summed E-state index contributed by atoms with van der Waals surface area (Å²) in [6.45, 7) is 1.10. The molecule has 0 unspecified atom stereocenters. The van der Waals surface area contributed by atoms with E-state index in [9.17, 15) is 9.18 Å². The second-order valence-corrected chi connectivity index (χ2v) is 6.67. The molecule has 1 amide bonds. The summed E-state index contributed by atoms with van der Waals surface area (Å²) in [5.41, 5.74) is 2.47.